The molecule has 3 N–H and O–H groups in total. The number of carbonyl (C=O) groups excluding carboxylic acids is 2. The minimum Gasteiger partial charge on any atom is -0.481 e. The molecule has 0 bridgehead atoms. The van der Waals surface area contributed by atoms with E-state index in [9.17, 15) is 19.3 Å². The Morgan fingerprint density at radius 2 is 1.92 bits per heavy atom. The van der Waals surface area contributed by atoms with Crippen molar-refractivity contribution < 1.29 is 42.7 Å². The molecule has 151 valence electrons. The monoisotopic (exact) mass is 396 g/mol. The molecule has 1 fully saturated rings. The molecule has 1 saturated heterocycles. The second kappa shape index (κ2) is 8.58. The SMILES string of the molecule is CC(C)(C)C(=O)OCO[P@@]1(O)OCC(C)(C)[C@H](C(=O)NCCC(=O)O)O1. The zero-order valence-corrected chi connectivity index (χ0v) is 16.5. The number of aliphatic carboxylic acids is 1. The fourth-order valence-electron chi connectivity index (χ4n) is 1.85. The van der Waals surface area contributed by atoms with Gasteiger partial charge in [-0.1, -0.05) is 13.8 Å². The van der Waals surface area contributed by atoms with Crippen molar-refractivity contribution in [3.63, 3.8) is 0 Å². The minimum absolute atomic E-state index is 0.0402. The van der Waals surface area contributed by atoms with Crippen LogP contribution in [0.1, 0.15) is 41.0 Å². The van der Waals surface area contributed by atoms with E-state index in [1.807, 2.05) is 0 Å². The lowest BCUT2D eigenvalue weighted by Gasteiger charge is -2.43. The van der Waals surface area contributed by atoms with Crippen molar-refractivity contribution in [3.8, 4) is 0 Å². The summed E-state index contributed by atoms with van der Waals surface area (Å²) < 4.78 is 20.5. The van der Waals surface area contributed by atoms with Crippen LogP contribution in [-0.4, -0.2) is 53.9 Å². The van der Waals surface area contributed by atoms with Crippen LogP contribution in [0, 0.1) is 10.8 Å². The lowest BCUT2D eigenvalue weighted by molar-refractivity contribution is -0.165. The molecular formula is C15H27NO9P. The Kier molecular flexibility index (Phi) is 7.50. The van der Waals surface area contributed by atoms with E-state index in [2.05, 4.69) is 5.32 Å². The zero-order chi connectivity index (χ0) is 20.2. The number of hydrogen-bond donors (Lipinski definition) is 3. The maximum atomic E-state index is 12.3. The first kappa shape index (κ1) is 22.7. The Bertz CT molecular complexity index is 546. The molecule has 0 aromatic rings. The third kappa shape index (κ3) is 6.77. The van der Waals surface area contributed by atoms with E-state index in [-0.39, 0.29) is 19.6 Å². The predicted molar refractivity (Wildman–Crippen MR) is 90.5 cm³/mol. The maximum absolute atomic E-state index is 12.3. The summed E-state index contributed by atoms with van der Waals surface area (Å²) in [5.74, 6) is -2.18. The Morgan fingerprint density at radius 3 is 2.46 bits per heavy atom. The number of carbonyl (C=O) groups is 3. The largest absolute Gasteiger partial charge is 0.481 e. The fourth-order valence-corrected chi connectivity index (χ4v) is 3.37. The normalized spacial score (nSPS) is 25.4. The summed E-state index contributed by atoms with van der Waals surface area (Å²) >= 11 is 0. The van der Waals surface area contributed by atoms with Gasteiger partial charge in [-0.05, 0) is 20.8 Å². The molecule has 26 heavy (non-hydrogen) atoms. The number of esters is 1. The van der Waals surface area contributed by atoms with Gasteiger partial charge in [-0.2, -0.15) is 0 Å². The van der Waals surface area contributed by atoms with Gasteiger partial charge in [0.15, 0.2) is 6.10 Å². The molecular weight excluding hydrogens is 369 g/mol. The number of ether oxygens (including phenoxy) is 1. The van der Waals surface area contributed by atoms with Crippen LogP contribution in [0.2, 0.25) is 0 Å². The van der Waals surface area contributed by atoms with Crippen LogP contribution in [0.25, 0.3) is 0 Å². The second-order valence-corrected chi connectivity index (χ2v) is 9.24. The van der Waals surface area contributed by atoms with Crippen LogP contribution in [0.4, 0.5) is 0 Å². The summed E-state index contributed by atoms with van der Waals surface area (Å²) in [5, 5.41) is 11.1. The summed E-state index contributed by atoms with van der Waals surface area (Å²) in [4.78, 5) is 44.8. The van der Waals surface area contributed by atoms with Crippen LogP contribution in [-0.2, 0) is 32.7 Å². The number of hydrogen-bond acceptors (Lipinski definition) is 8. The van der Waals surface area contributed by atoms with E-state index in [1.165, 1.54) is 0 Å². The quantitative estimate of drug-likeness (QED) is 0.329. The van der Waals surface area contributed by atoms with Gasteiger partial charge in [-0.25, -0.2) is 0 Å². The Balaban J connectivity index is 2.64. The Hall–Kier alpha value is -1.32. The van der Waals surface area contributed by atoms with Gasteiger partial charge in [-0.3, -0.25) is 28.0 Å². The lowest BCUT2D eigenvalue weighted by Crippen LogP contribution is -2.50. The molecule has 2 atom stereocenters. The van der Waals surface area contributed by atoms with Gasteiger partial charge in [0.2, 0.25) is 12.7 Å². The second-order valence-electron chi connectivity index (χ2n) is 7.58. The molecule has 10 nitrogen and oxygen atoms in total. The number of carboxylic acid groups (broad SMARTS) is 1. The van der Waals surface area contributed by atoms with Gasteiger partial charge < -0.3 is 20.1 Å². The molecule has 1 radical (unpaired) electrons. The smallest absolute Gasteiger partial charge is 0.381 e. The van der Waals surface area contributed by atoms with E-state index in [1.54, 1.807) is 34.6 Å². The van der Waals surface area contributed by atoms with Crippen molar-refractivity contribution in [2.45, 2.75) is 47.1 Å². The van der Waals surface area contributed by atoms with Crippen LogP contribution in [0.5, 0.6) is 0 Å². The van der Waals surface area contributed by atoms with E-state index < -0.39 is 49.7 Å². The van der Waals surface area contributed by atoms with Crippen LogP contribution in [0.3, 0.4) is 0 Å². The first-order valence-corrected chi connectivity index (χ1v) is 9.52. The van der Waals surface area contributed by atoms with Crippen molar-refractivity contribution in [2.75, 3.05) is 19.9 Å². The highest BCUT2D eigenvalue weighted by Gasteiger charge is 2.50. The summed E-state index contributed by atoms with van der Waals surface area (Å²) in [6.07, 6.45) is -1.37. The van der Waals surface area contributed by atoms with E-state index in [0.717, 1.165) is 0 Å². The van der Waals surface area contributed by atoms with Gasteiger partial charge >= 0.3 is 20.1 Å². The predicted octanol–water partition coefficient (Wildman–Crippen LogP) is 1.25. The maximum Gasteiger partial charge on any atom is 0.381 e. The van der Waals surface area contributed by atoms with Crippen LogP contribution < -0.4 is 5.32 Å². The molecule has 0 spiro atoms. The molecule has 1 heterocycles. The van der Waals surface area contributed by atoms with Crippen molar-refractivity contribution in [3.05, 3.63) is 0 Å². The molecule has 11 heteroatoms. The summed E-state index contributed by atoms with van der Waals surface area (Å²) in [6, 6.07) is 0. The molecule has 0 saturated carbocycles. The third-order valence-corrected chi connectivity index (χ3v) is 4.81. The molecule has 1 aliphatic heterocycles. The topological polar surface area (TPSA) is 141 Å². The summed E-state index contributed by atoms with van der Waals surface area (Å²) in [7, 11) is -3.87. The highest BCUT2D eigenvalue weighted by Crippen LogP contribution is 2.63. The summed E-state index contributed by atoms with van der Waals surface area (Å²) in [6.45, 7) is 7.66. The minimum atomic E-state index is -3.87. The molecule has 0 aromatic heterocycles. The number of carboxylic acids is 1. The van der Waals surface area contributed by atoms with Crippen molar-refractivity contribution in [2.24, 2.45) is 10.8 Å². The molecule has 1 aliphatic rings. The van der Waals surface area contributed by atoms with Crippen molar-refractivity contribution in [1.29, 1.82) is 0 Å². The van der Waals surface area contributed by atoms with Gasteiger partial charge in [-0.15, -0.1) is 0 Å². The van der Waals surface area contributed by atoms with Crippen molar-refractivity contribution >= 4 is 26.0 Å². The third-order valence-electron chi connectivity index (χ3n) is 3.44. The highest BCUT2D eigenvalue weighted by molar-refractivity contribution is 7.55. The highest BCUT2D eigenvalue weighted by atomic mass is 31.2. The Morgan fingerprint density at radius 1 is 1.31 bits per heavy atom. The molecule has 0 unspecified atom stereocenters. The van der Waals surface area contributed by atoms with E-state index in [0.29, 0.717) is 0 Å². The molecule has 1 rings (SSSR count). The van der Waals surface area contributed by atoms with Crippen LogP contribution in [0.15, 0.2) is 0 Å². The summed E-state index contributed by atoms with van der Waals surface area (Å²) in [5.41, 5.74) is -1.53. The number of amides is 1. The first-order valence-electron chi connectivity index (χ1n) is 8.03. The van der Waals surface area contributed by atoms with Gasteiger partial charge in [0.25, 0.3) is 0 Å². The van der Waals surface area contributed by atoms with Gasteiger partial charge in [0.1, 0.15) is 0 Å². The number of nitrogens with one attached hydrogen (secondary N) is 1. The van der Waals surface area contributed by atoms with E-state index >= 15 is 0 Å². The van der Waals surface area contributed by atoms with Gasteiger partial charge in [0.05, 0.1) is 18.4 Å². The van der Waals surface area contributed by atoms with Crippen molar-refractivity contribution in [1.82, 2.24) is 5.32 Å². The zero-order valence-electron chi connectivity index (χ0n) is 15.6. The lowest BCUT2D eigenvalue weighted by atomic mass is 9.87. The standard InChI is InChI=1S/C15H27NO9P/c1-14(2,3)13(20)22-9-24-26(21)23-8-15(4,5)11(25-26)12(19)16-7-6-10(17)18/h11,21H,6-9H2,1-5H3,(H,16,19)(H,17,18)/t11-/m0/s1. The van der Waals surface area contributed by atoms with Crippen LogP contribution >= 0.6 is 8.17 Å². The van der Waals surface area contributed by atoms with Gasteiger partial charge in [0, 0.05) is 12.0 Å². The average Bonchev–Trinajstić information content (AvgIpc) is 2.48. The average molecular weight is 396 g/mol. The molecule has 1 amide bonds. The van der Waals surface area contributed by atoms with E-state index in [4.69, 9.17) is 23.4 Å². The number of rotatable bonds is 7. The molecule has 0 aliphatic carbocycles. The first-order chi connectivity index (χ1) is 11.8. The molecule has 0 aromatic carbocycles. The Labute approximate surface area is 152 Å². The fraction of sp³-hybridized carbons (Fsp3) is 0.800.